The molecule has 4 heterocycles. The number of aromatic nitrogens is 4. The Morgan fingerprint density at radius 1 is 1.09 bits per heavy atom. The minimum absolute atomic E-state index is 0.0805. The predicted molar refractivity (Wildman–Crippen MR) is 122 cm³/mol. The molecule has 0 unspecified atom stereocenters. The number of nitrogens with zero attached hydrogens (tertiary/aromatic N) is 7. The highest BCUT2D eigenvalue weighted by Crippen LogP contribution is 2.36. The Morgan fingerprint density at radius 3 is 2.41 bits per heavy atom. The van der Waals surface area contributed by atoms with E-state index in [-0.39, 0.29) is 5.78 Å². The molecule has 0 bridgehead atoms. The largest absolute Gasteiger partial charge is 0.353 e. The molecule has 9 nitrogen and oxygen atoms in total. The highest BCUT2D eigenvalue weighted by molar-refractivity contribution is 5.91. The first kappa shape index (κ1) is 20.4. The maximum absolute atomic E-state index is 11.4. The van der Waals surface area contributed by atoms with Gasteiger partial charge in [-0.1, -0.05) is 0 Å². The number of nitrogens with one attached hydrogen (secondary N) is 1. The van der Waals surface area contributed by atoms with Gasteiger partial charge in [0.15, 0.2) is 5.78 Å². The fourth-order valence-electron chi connectivity index (χ4n) is 4.54. The first-order chi connectivity index (χ1) is 15.6. The van der Waals surface area contributed by atoms with E-state index in [2.05, 4.69) is 35.7 Å². The van der Waals surface area contributed by atoms with Crippen molar-refractivity contribution in [3.8, 4) is 6.07 Å². The number of hydrogen-bond donors (Lipinski definition) is 1. The van der Waals surface area contributed by atoms with Crippen LogP contribution in [0.15, 0.2) is 30.7 Å². The van der Waals surface area contributed by atoms with Gasteiger partial charge in [0.2, 0.25) is 0 Å². The van der Waals surface area contributed by atoms with Crippen molar-refractivity contribution in [3.63, 3.8) is 0 Å². The highest BCUT2D eigenvalue weighted by atomic mass is 16.1. The fourth-order valence-corrected chi connectivity index (χ4v) is 4.54. The number of carbonyl (C=O) groups excluding carboxylic acids is 1. The zero-order valence-corrected chi connectivity index (χ0v) is 18.3. The summed E-state index contributed by atoms with van der Waals surface area (Å²) in [6, 6.07) is 7.28. The number of Topliss-reactive ketones (excluding diaryl/α,β-unsaturated/α-hetero) is 1. The van der Waals surface area contributed by atoms with Crippen LogP contribution in [0.5, 0.6) is 0 Å². The minimum atomic E-state index is -0.0805. The van der Waals surface area contributed by atoms with Crippen molar-refractivity contribution in [2.75, 3.05) is 43.0 Å². The van der Waals surface area contributed by atoms with Crippen LogP contribution in [0.4, 0.5) is 11.6 Å². The Kier molecular flexibility index (Phi) is 5.23. The van der Waals surface area contributed by atoms with E-state index in [1.54, 1.807) is 12.4 Å². The molecule has 3 aromatic rings. The molecule has 0 amide bonds. The Morgan fingerprint density at radius 2 is 1.81 bits per heavy atom. The number of piperazine rings is 1. The molecular weight excluding hydrogens is 404 g/mol. The molecule has 5 rings (SSSR count). The Hall–Kier alpha value is -3.51. The Balaban J connectivity index is 1.33. The predicted octanol–water partition coefficient (Wildman–Crippen LogP) is 2.15. The summed E-state index contributed by atoms with van der Waals surface area (Å²) in [6.07, 6.45) is 7.28. The summed E-state index contributed by atoms with van der Waals surface area (Å²) >= 11 is 0. The van der Waals surface area contributed by atoms with E-state index in [9.17, 15) is 10.1 Å². The van der Waals surface area contributed by atoms with Gasteiger partial charge in [-0.05, 0) is 32.0 Å². The monoisotopic (exact) mass is 430 g/mol. The number of nitriles is 1. The molecule has 164 valence electrons. The second-order valence-corrected chi connectivity index (χ2v) is 8.50. The van der Waals surface area contributed by atoms with E-state index < -0.39 is 0 Å². The number of anilines is 2. The van der Waals surface area contributed by atoms with Gasteiger partial charge in [-0.25, -0.2) is 15.0 Å². The molecule has 2 aliphatic rings. The lowest BCUT2D eigenvalue weighted by Gasteiger charge is -2.37. The molecule has 9 heteroatoms. The third-order valence-electron chi connectivity index (χ3n) is 6.63. The Labute approximate surface area is 186 Å². The lowest BCUT2D eigenvalue weighted by atomic mass is 9.87. The molecule has 0 spiro atoms. The van der Waals surface area contributed by atoms with Gasteiger partial charge in [-0.3, -0.25) is 4.79 Å². The van der Waals surface area contributed by atoms with Crippen molar-refractivity contribution in [1.29, 1.82) is 5.26 Å². The Bertz CT molecular complexity index is 1180. The van der Waals surface area contributed by atoms with Gasteiger partial charge in [0.25, 0.3) is 0 Å². The van der Waals surface area contributed by atoms with Crippen LogP contribution in [0.1, 0.15) is 41.9 Å². The van der Waals surface area contributed by atoms with Crippen molar-refractivity contribution in [2.24, 2.45) is 0 Å². The average Bonchev–Trinajstić information content (AvgIpc) is 3.16. The zero-order valence-electron chi connectivity index (χ0n) is 18.3. The summed E-state index contributed by atoms with van der Waals surface area (Å²) in [4.78, 5) is 29.5. The first-order valence-electron chi connectivity index (χ1n) is 11.0. The van der Waals surface area contributed by atoms with Crippen LogP contribution in [0.2, 0.25) is 0 Å². The summed E-state index contributed by atoms with van der Waals surface area (Å²) < 4.78 is 2.19. The number of carbonyl (C=O) groups is 1. The third-order valence-corrected chi connectivity index (χ3v) is 6.63. The van der Waals surface area contributed by atoms with Gasteiger partial charge in [-0.15, -0.1) is 0 Å². The van der Waals surface area contributed by atoms with Gasteiger partial charge < -0.3 is 19.7 Å². The molecule has 1 N–H and O–H groups in total. The van der Waals surface area contributed by atoms with Gasteiger partial charge in [-0.2, -0.15) is 5.26 Å². The molecule has 0 radical (unpaired) electrons. The van der Waals surface area contributed by atoms with Crippen molar-refractivity contribution < 1.29 is 4.79 Å². The first-order valence-corrected chi connectivity index (χ1v) is 11.0. The number of ketones is 1. The van der Waals surface area contributed by atoms with Gasteiger partial charge in [0, 0.05) is 56.8 Å². The van der Waals surface area contributed by atoms with Crippen LogP contribution >= 0.6 is 0 Å². The summed E-state index contributed by atoms with van der Waals surface area (Å²) in [5, 5.41) is 13.8. The molecule has 1 saturated carbocycles. The van der Waals surface area contributed by atoms with E-state index in [0.717, 1.165) is 61.7 Å². The summed E-state index contributed by atoms with van der Waals surface area (Å²) in [5.41, 5.74) is 1.97. The number of fused-ring (bicyclic) bond motifs is 1. The van der Waals surface area contributed by atoms with Gasteiger partial charge in [0.1, 0.15) is 29.0 Å². The van der Waals surface area contributed by atoms with Crippen LogP contribution in [0.3, 0.4) is 0 Å². The maximum Gasteiger partial charge on any atom is 0.179 e. The molecule has 1 saturated heterocycles. The molecule has 1 aliphatic heterocycles. The molecule has 1 aliphatic carbocycles. The maximum atomic E-state index is 11.4. The minimum Gasteiger partial charge on any atom is -0.353 e. The van der Waals surface area contributed by atoms with Crippen LogP contribution in [0.25, 0.3) is 11.0 Å². The van der Waals surface area contributed by atoms with Crippen LogP contribution in [0, 0.1) is 11.3 Å². The number of hydrogen-bond acceptors (Lipinski definition) is 8. The zero-order chi connectivity index (χ0) is 22.2. The van der Waals surface area contributed by atoms with Gasteiger partial charge in [0.05, 0.1) is 18.0 Å². The van der Waals surface area contributed by atoms with Crippen molar-refractivity contribution >= 4 is 28.5 Å². The molecular formula is C23H26N8O. The smallest absolute Gasteiger partial charge is 0.179 e. The van der Waals surface area contributed by atoms with Crippen LogP contribution in [-0.2, 0) is 0 Å². The van der Waals surface area contributed by atoms with Crippen molar-refractivity contribution in [1.82, 2.24) is 24.8 Å². The normalized spacial score (nSPS) is 20.8. The molecule has 0 atom stereocenters. The SMILES string of the molecule is CNC1CC(n2cc(C#N)c3ccc(N4CCN(c5cnc(C(C)=O)cn5)CC4)nc32)C1. The molecule has 2 fully saturated rings. The van der Waals surface area contributed by atoms with Gasteiger partial charge >= 0.3 is 0 Å². The highest BCUT2D eigenvalue weighted by Gasteiger charge is 2.31. The van der Waals surface area contributed by atoms with Crippen molar-refractivity contribution in [3.05, 3.63) is 42.0 Å². The lowest BCUT2D eigenvalue weighted by molar-refractivity contribution is 0.101. The topological polar surface area (TPSA) is 103 Å². The molecule has 3 aromatic heterocycles. The summed E-state index contributed by atoms with van der Waals surface area (Å²) in [5.74, 6) is 1.64. The quantitative estimate of drug-likeness (QED) is 0.614. The van der Waals surface area contributed by atoms with E-state index in [0.29, 0.717) is 23.3 Å². The van der Waals surface area contributed by atoms with Crippen LogP contribution in [-0.4, -0.2) is 64.6 Å². The number of rotatable bonds is 5. The fraction of sp³-hybridized carbons (Fsp3) is 0.435. The molecule has 32 heavy (non-hydrogen) atoms. The van der Waals surface area contributed by atoms with Crippen molar-refractivity contribution in [2.45, 2.75) is 31.8 Å². The standard InChI is InChI=1S/C23H26N8O/c1-15(32)20-12-27-22(13-26-20)30-7-5-29(6-8-30)21-4-3-19-16(11-24)14-31(23(19)28-21)18-9-17(10-18)25-2/h3-4,12-14,17-18,25H,5-10H2,1-2H3. The summed E-state index contributed by atoms with van der Waals surface area (Å²) in [7, 11) is 1.99. The summed E-state index contributed by atoms with van der Waals surface area (Å²) in [6.45, 7) is 4.71. The van der Waals surface area contributed by atoms with E-state index in [1.807, 2.05) is 25.4 Å². The van der Waals surface area contributed by atoms with E-state index in [4.69, 9.17) is 4.98 Å². The second-order valence-electron chi connectivity index (χ2n) is 8.50. The van der Waals surface area contributed by atoms with E-state index >= 15 is 0 Å². The van der Waals surface area contributed by atoms with E-state index in [1.165, 1.54) is 6.92 Å². The molecule has 0 aromatic carbocycles. The third kappa shape index (κ3) is 3.56. The lowest BCUT2D eigenvalue weighted by Crippen LogP contribution is -2.47. The second kappa shape index (κ2) is 8.20. The average molecular weight is 431 g/mol. The van der Waals surface area contributed by atoms with Crippen LogP contribution < -0.4 is 15.1 Å². The number of pyridine rings is 1.